The maximum atomic E-state index is 14.5. The molecule has 1 aliphatic heterocycles. The number of rotatable bonds is 22. The van der Waals surface area contributed by atoms with Gasteiger partial charge in [-0.05, 0) is 37.9 Å². The molecule has 0 amide bonds. The Bertz CT molecular complexity index is 1580. The van der Waals surface area contributed by atoms with E-state index in [1.54, 1.807) is 45.6 Å². The van der Waals surface area contributed by atoms with Gasteiger partial charge in [-0.2, -0.15) is 0 Å². The highest BCUT2D eigenvalue weighted by Crippen LogP contribution is 2.80. The monoisotopic (exact) mass is 828 g/mol. The number of aliphatic hydroxyl groups excluding tert-OH is 2. The highest BCUT2D eigenvalue weighted by molar-refractivity contribution is 5.89. The van der Waals surface area contributed by atoms with Gasteiger partial charge in [0.1, 0.15) is 23.9 Å². The average molecular weight is 828 g/mol. The SMILES string of the molecule is CCCCCCCCCCCCCCCC(=O)O[C@@]12C3[C@@H](OC)C4[C@@]5(COC)CN(C)[C@@H]3[C@]4(C3C[C@@](O)([C@H](OC)[C@H]1O)[C@@H](OC(=O)c1ccccc1)C32)[C@@H](OC)C[C@@H]5O. The number of carbonyl (C=O) groups excluding carboxylic acids is 2. The van der Waals surface area contributed by atoms with Crippen LogP contribution in [0.4, 0.5) is 0 Å². The van der Waals surface area contributed by atoms with Crippen LogP contribution in [0.3, 0.4) is 0 Å². The van der Waals surface area contributed by atoms with E-state index in [1.165, 1.54) is 64.9 Å². The summed E-state index contributed by atoms with van der Waals surface area (Å²) in [6.07, 6.45) is 9.99. The van der Waals surface area contributed by atoms with Crippen LogP contribution in [-0.2, 0) is 33.2 Å². The fraction of sp³-hybridized carbons (Fsp3) is 0.830. The van der Waals surface area contributed by atoms with E-state index < -0.39 is 88.3 Å². The third kappa shape index (κ3) is 7.02. The second kappa shape index (κ2) is 18.3. The van der Waals surface area contributed by atoms with E-state index in [4.69, 9.17) is 28.4 Å². The van der Waals surface area contributed by atoms with Gasteiger partial charge in [-0.3, -0.25) is 4.79 Å². The Morgan fingerprint density at radius 3 is 2.02 bits per heavy atom. The molecular weight excluding hydrogens is 755 g/mol. The van der Waals surface area contributed by atoms with Gasteiger partial charge < -0.3 is 48.6 Å². The van der Waals surface area contributed by atoms with E-state index >= 15 is 0 Å². The molecule has 0 aromatic heterocycles. The first kappa shape index (κ1) is 44.9. The Kier molecular flexibility index (Phi) is 13.9. The molecule has 4 unspecified atom stereocenters. The van der Waals surface area contributed by atoms with Crippen molar-refractivity contribution in [2.45, 2.75) is 164 Å². The van der Waals surface area contributed by atoms with Crippen LogP contribution < -0.4 is 0 Å². The maximum absolute atomic E-state index is 14.5. The molecule has 5 aliphatic carbocycles. The molecule has 1 aromatic rings. The van der Waals surface area contributed by atoms with Crippen LogP contribution >= 0.6 is 0 Å². The van der Waals surface area contributed by atoms with Crippen LogP contribution in [0.25, 0.3) is 0 Å². The van der Waals surface area contributed by atoms with Crippen molar-refractivity contribution >= 4 is 11.9 Å². The van der Waals surface area contributed by atoms with Gasteiger partial charge in [-0.25, -0.2) is 4.79 Å². The van der Waals surface area contributed by atoms with Crippen molar-refractivity contribution in [2.75, 3.05) is 48.6 Å². The average Bonchev–Trinajstić information content (AvgIpc) is 3.62. The lowest BCUT2D eigenvalue weighted by Gasteiger charge is -2.70. The molecule has 5 saturated carbocycles. The number of hydrogen-bond donors (Lipinski definition) is 3. The van der Waals surface area contributed by atoms with Crippen LogP contribution in [0, 0.1) is 34.5 Å². The smallest absolute Gasteiger partial charge is 0.338 e. The molecule has 12 heteroatoms. The van der Waals surface area contributed by atoms with E-state index in [-0.39, 0.29) is 31.4 Å². The van der Waals surface area contributed by atoms with Gasteiger partial charge in [0.05, 0.1) is 30.5 Å². The van der Waals surface area contributed by atoms with Gasteiger partial charge >= 0.3 is 11.9 Å². The van der Waals surface area contributed by atoms with E-state index in [2.05, 4.69) is 11.8 Å². The largest absolute Gasteiger partial charge is 0.455 e. The van der Waals surface area contributed by atoms with Crippen LogP contribution in [0.5, 0.6) is 0 Å². The molecule has 3 N–H and O–H groups in total. The Balaban J connectivity index is 1.21. The number of likely N-dealkylation sites (tertiary alicyclic amines) is 1. The molecule has 332 valence electrons. The molecule has 1 heterocycles. The molecule has 7 rings (SSSR count). The van der Waals surface area contributed by atoms with E-state index in [0.29, 0.717) is 24.9 Å². The van der Waals surface area contributed by atoms with Gasteiger partial charge in [0, 0.05) is 82.5 Å². The van der Waals surface area contributed by atoms with Crippen molar-refractivity contribution in [1.29, 1.82) is 0 Å². The minimum atomic E-state index is -1.84. The van der Waals surface area contributed by atoms with Crippen LogP contribution in [0.15, 0.2) is 30.3 Å². The third-order valence-corrected chi connectivity index (χ3v) is 16.3. The van der Waals surface area contributed by atoms with Crippen LogP contribution in [-0.4, -0.2) is 135 Å². The van der Waals surface area contributed by atoms with Gasteiger partial charge in [0.2, 0.25) is 0 Å². The molecule has 7 bridgehead atoms. The van der Waals surface area contributed by atoms with E-state index in [0.717, 1.165) is 19.3 Å². The number of piperidine rings is 1. The minimum Gasteiger partial charge on any atom is -0.455 e. The number of hydrogen-bond acceptors (Lipinski definition) is 12. The summed E-state index contributed by atoms with van der Waals surface area (Å²) >= 11 is 0. The predicted molar refractivity (Wildman–Crippen MR) is 220 cm³/mol. The zero-order chi connectivity index (χ0) is 42.2. The van der Waals surface area contributed by atoms with Crippen LogP contribution in [0.1, 0.15) is 120 Å². The number of carbonyl (C=O) groups is 2. The molecule has 0 radical (unpaired) electrons. The zero-order valence-electron chi connectivity index (χ0n) is 36.5. The zero-order valence-corrected chi connectivity index (χ0v) is 36.5. The van der Waals surface area contributed by atoms with E-state index in [9.17, 15) is 24.9 Å². The Labute approximate surface area is 352 Å². The molecule has 6 aliphatic rings. The number of methoxy groups -OCH3 is 4. The molecular formula is C47H73NO11. The first-order valence-electron chi connectivity index (χ1n) is 22.8. The number of aliphatic hydroxyl groups is 3. The van der Waals surface area contributed by atoms with Crippen molar-refractivity contribution < 1.29 is 53.3 Å². The van der Waals surface area contributed by atoms with Crippen molar-refractivity contribution in [3.8, 4) is 0 Å². The Hall–Kier alpha value is -2.16. The predicted octanol–water partition coefficient (Wildman–Crippen LogP) is 5.72. The summed E-state index contributed by atoms with van der Waals surface area (Å²) < 4.78 is 38.5. The second-order valence-electron chi connectivity index (χ2n) is 19.1. The summed E-state index contributed by atoms with van der Waals surface area (Å²) in [6, 6.07) is 8.29. The first-order chi connectivity index (χ1) is 28.5. The highest BCUT2D eigenvalue weighted by atomic mass is 16.6. The molecule has 1 saturated heterocycles. The van der Waals surface area contributed by atoms with Gasteiger partial charge in [0.15, 0.2) is 5.60 Å². The normalized spacial score (nSPS) is 41.5. The van der Waals surface area contributed by atoms with Crippen molar-refractivity contribution in [3.63, 3.8) is 0 Å². The van der Waals surface area contributed by atoms with Crippen molar-refractivity contribution in [2.24, 2.45) is 34.5 Å². The summed E-state index contributed by atoms with van der Waals surface area (Å²) in [5.41, 5.74) is -4.82. The Morgan fingerprint density at radius 2 is 1.44 bits per heavy atom. The molecule has 12 nitrogen and oxygen atoms in total. The fourth-order valence-electron chi connectivity index (χ4n) is 14.5. The third-order valence-electron chi connectivity index (χ3n) is 16.3. The number of unbranched alkanes of at least 4 members (excludes halogenated alkanes) is 12. The lowest BCUT2D eigenvalue weighted by Crippen LogP contribution is -2.81. The number of esters is 2. The summed E-state index contributed by atoms with van der Waals surface area (Å²) in [6.45, 7) is 2.97. The maximum Gasteiger partial charge on any atom is 0.338 e. The summed E-state index contributed by atoms with van der Waals surface area (Å²) in [5.74, 6) is -3.48. The van der Waals surface area contributed by atoms with E-state index in [1.807, 2.05) is 13.1 Å². The molecule has 15 atom stereocenters. The van der Waals surface area contributed by atoms with Gasteiger partial charge in [0.25, 0.3) is 0 Å². The molecule has 1 aromatic carbocycles. The lowest BCUT2D eigenvalue weighted by molar-refractivity contribution is -0.321. The number of fused-ring (bicyclic) bond motifs is 2. The first-order valence-corrected chi connectivity index (χ1v) is 22.8. The molecule has 59 heavy (non-hydrogen) atoms. The van der Waals surface area contributed by atoms with Gasteiger partial charge in [-0.15, -0.1) is 0 Å². The number of ether oxygens (including phenoxy) is 6. The summed E-state index contributed by atoms with van der Waals surface area (Å²) in [5, 5.41) is 38.1. The standard InChI is InChI=1S/C47H73NO11/c1-7-8-9-10-11-12-13-14-15-16-17-18-22-25-34(50)59-47-35-31(27-45(53,42(57-6)40(47)51)41(35)58-43(52)30-23-20-19-21-24-30)46-33(55-4)26-32(49)44(29-54-3)28-48(2)39(46)36(47)37(56-5)38(44)46/h19-21,23-24,31-33,35-42,49,51,53H,7-18,22,25-29H2,1-6H3/t31?,32-,33-,35?,36?,37+,38?,39-,40+,41-,42+,44+,45-,46+,47-/m0/s1. The topological polar surface area (TPSA) is 153 Å². The summed E-state index contributed by atoms with van der Waals surface area (Å²) in [7, 11) is 8.39. The van der Waals surface area contributed by atoms with Crippen molar-refractivity contribution in [1.82, 2.24) is 4.90 Å². The number of nitrogens with zero attached hydrogens (tertiary/aromatic N) is 1. The quantitative estimate of drug-likeness (QED) is 0.0969. The second-order valence-corrected chi connectivity index (χ2v) is 19.1. The number of benzene rings is 1. The van der Waals surface area contributed by atoms with Crippen LogP contribution in [0.2, 0.25) is 0 Å². The van der Waals surface area contributed by atoms with Crippen molar-refractivity contribution in [3.05, 3.63) is 35.9 Å². The lowest BCUT2D eigenvalue weighted by atomic mass is 9.42. The molecule has 6 fully saturated rings. The minimum absolute atomic E-state index is 0.0845. The van der Waals surface area contributed by atoms with Gasteiger partial charge in [-0.1, -0.05) is 102 Å². The Morgan fingerprint density at radius 1 is 0.814 bits per heavy atom. The molecule has 1 spiro atoms. The summed E-state index contributed by atoms with van der Waals surface area (Å²) in [4.78, 5) is 30.8. The fourth-order valence-corrected chi connectivity index (χ4v) is 14.5. The highest BCUT2D eigenvalue weighted by Gasteiger charge is 2.92.